The fourth-order valence-electron chi connectivity index (χ4n) is 7.05. The molecule has 13 nitrogen and oxygen atoms in total. The summed E-state index contributed by atoms with van der Waals surface area (Å²) in [5, 5.41) is 3.71. The fraction of sp³-hybridized carbons (Fsp3) is 0.556. The van der Waals surface area contributed by atoms with Gasteiger partial charge in [0.15, 0.2) is 16.5 Å². The molecule has 4 aliphatic rings. The number of thiazole rings is 1. The van der Waals surface area contributed by atoms with Crippen molar-refractivity contribution in [2.45, 2.75) is 101 Å². The second-order valence-corrected chi connectivity index (χ2v) is 19.5. The third-order valence-corrected chi connectivity index (χ3v) is 14.8. The molecule has 2 aliphatic carbocycles. The van der Waals surface area contributed by atoms with Gasteiger partial charge in [-0.15, -0.1) is 22.7 Å². The maximum atomic E-state index is 14.3. The van der Waals surface area contributed by atoms with Gasteiger partial charge in [-0.2, -0.15) is 18.2 Å². The predicted octanol–water partition coefficient (Wildman–Crippen LogP) is 5.84. The molecular weight excluding hydrogens is 780 g/mol. The molecule has 296 valence electrons. The van der Waals surface area contributed by atoms with Crippen LogP contribution in [0.5, 0.6) is 5.88 Å². The number of sulfonamides is 1. The van der Waals surface area contributed by atoms with Crippen LogP contribution in [0.15, 0.2) is 29.7 Å². The Morgan fingerprint density at radius 3 is 2.55 bits per heavy atom. The van der Waals surface area contributed by atoms with Gasteiger partial charge in [0.2, 0.25) is 21.8 Å². The van der Waals surface area contributed by atoms with E-state index in [0.29, 0.717) is 37.9 Å². The molecule has 4 atom stereocenters. The van der Waals surface area contributed by atoms with Gasteiger partial charge in [-0.05, 0) is 65.4 Å². The number of amides is 4. The highest BCUT2D eigenvalue weighted by Gasteiger charge is 2.63. The predicted molar refractivity (Wildman–Crippen MR) is 200 cm³/mol. The topological polar surface area (TPSA) is 164 Å². The second kappa shape index (κ2) is 14.4. The molecule has 2 saturated carbocycles. The van der Waals surface area contributed by atoms with Crippen LogP contribution in [0.4, 0.5) is 18.0 Å². The van der Waals surface area contributed by atoms with E-state index in [1.807, 2.05) is 32.1 Å². The number of nitrogens with zero attached hydrogens (tertiary/aromatic N) is 5. The largest absolute Gasteiger partial charge is 0.474 e. The van der Waals surface area contributed by atoms with Crippen molar-refractivity contribution in [3.63, 3.8) is 0 Å². The highest BCUT2D eigenvalue weighted by molar-refractivity contribution is 7.91. The number of rotatable bonds is 7. The lowest BCUT2D eigenvalue weighted by Crippen LogP contribution is -2.61. The molecule has 7 rings (SSSR count). The number of urea groups is 1. The summed E-state index contributed by atoms with van der Waals surface area (Å²) in [6.45, 7) is 5.98. The number of ether oxygens (including phenoxy) is 1. The van der Waals surface area contributed by atoms with Gasteiger partial charge in [0.25, 0.3) is 5.91 Å². The number of alkyl halides is 3. The van der Waals surface area contributed by atoms with Crippen LogP contribution in [-0.4, -0.2) is 93.6 Å². The van der Waals surface area contributed by atoms with Crippen LogP contribution in [0.1, 0.15) is 73.7 Å². The lowest BCUT2D eigenvalue weighted by atomic mass is 9.97. The van der Waals surface area contributed by atoms with Crippen molar-refractivity contribution in [1.82, 2.24) is 34.8 Å². The molecule has 3 fully saturated rings. The summed E-state index contributed by atoms with van der Waals surface area (Å²) in [4.78, 5) is 59.7. The lowest BCUT2D eigenvalue weighted by Gasteiger charge is -2.40. The number of hydrogen-bond acceptors (Lipinski definition) is 11. The van der Waals surface area contributed by atoms with Gasteiger partial charge in [-0.3, -0.25) is 14.3 Å². The number of nitrogens with one attached hydrogen (secondary N) is 2. The van der Waals surface area contributed by atoms with E-state index in [-0.39, 0.29) is 48.6 Å². The van der Waals surface area contributed by atoms with E-state index < -0.39 is 62.1 Å². The van der Waals surface area contributed by atoms with Gasteiger partial charge >= 0.3 is 12.2 Å². The Hall–Kier alpha value is -4.10. The van der Waals surface area contributed by atoms with Gasteiger partial charge in [0.1, 0.15) is 17.7 Å². The van der Waals surface area contributed by atoms with Gasteiger partial charge in [-0.1, -0.05) is 12.2 Å². The van der Waals surface area contributed by atoms with E-state index in [2.05, 4.69) is 25.0 Å². The van der Waals surface area contributed by atoms with Crippen molar-refractivity contribution in [2.24, 2.45) is 5.92 Å². The molecule has 1 saturated heterocycles. The van der Waals surface area contributed by atoms with Crippen molar-refractivity contribution in [1.29, 1.82) is 0 Å². The number of aryl methyl sites for hydroxylation is 2. The zero-order chi connectivity index (χ0) is 39.5. The number of fused-ring (bicyclic) bond motifs is 2. The lowest BCUT2D eigenvalue weighted by molar-refractivity contribution is -0.140. The van der Waals surface area contributed by atoms with E-state index in [4.69, 9.17) is 4.74 Å². The standard InChI is InChI=1S/C36H42F3N7O6S3/c1-20-15-24(21(2)54-20)25-17-28(42-29(40-25)31-41-27(19-53-31)36(37,38)39)52-23-10-14-46-26(16-23)30(47)43-35(32(48)44-55(50,51)34(3)11-12-34)18-22(35)9-7-5-6-8-13-45(4)33(46)49/h7,9,15,17,19,22-23,26H,5-6,8,10-14,16,18H2,1-4H3,(H,43,47)(H,44,48)/b9-7+/t22-,23-,26-,35-/m0/s1. The molecule has 2 aliphatic heterocycles. The quantitative estimate of drug-likeness (QED) is 0.279. The number of thiophene rings is 1. The fourth-order valence-corrected chi connectivity index (χ4v) is 10.1. The third kappa shape index (κ3) is 7.96. The van der Waals surface area contributed by atoms with Crippen LogP contribution in [-0.2, 0) is 25.8 Å². The Morgan fingerprint density at radius 2 is 1.87 bits per heavy atom. The summed E-state index contributed by atoms with van der Waals surface area (Å²) in [5.41, 5.74) is -1.41. The normalized spacial score (nSPS) is 26.3. The number of piperidine rings is 1. The molecule has 0 bridgehead atoms. The first kappa shape index (κ1) is 39.1. The molecule has 19 heteroatoms. The molecule has 55 heavy (non-hydrogen) atoms. The summed E-state index contributed by atoms with van der Waals surface area (Å²) in [6.07, 6.45) is 1.91. The minimum absolute atomic E-state index is 0.0132. The highest BCUT2D eigenvalue weighted by atomic mass is 32.2. The Labute approximate surface area is 324 Å². The van der Waals surface area contributed by atoms with Crippen LogP contribution in [0, 0.1) is 19.8 Å². The van der Waals surface area contributed by atoms with Gasteiger partial charge < -0.3 is 19.9 Å². The molecule has 5 heterocycles. The molecule has 2 N–H and O–H groups in total. The summed E-state index contributed by atoms with van der Waals surface area (Å²) in [6, 6.07) is 2.03. The molecule has 0 aromatic carbocycles. The van der Waals surface area contributed by atoms with E-state index in [1.165, 1.54) is 16.2 Å². The maximum absolute atomic E-state index is 14.3. The zero-order valence-electron chi connectivity index (χ0n) is 30.7. The average molecular weight is 822 g/mol. The molecule has 0 radical (unpaired) electrons. The van der Waals surface area contributed by atoms with Gasteiger partial charge in [0, 0.05) is 65.7 Å². The van der Waals surface area contributed by atoms with Crippen LogP contribution in [0.25, 0.3) is 22.1 Å². The van der Waals surface area contributed by atoms with E-state index in [0.717, 1.165) is 38.5 Å². The van der Waals surface area contributed by atoms with E-state index in [1.54, 1.807) is 24.9 Å². The van der Waals surface area contributed by atoms with Gasteiger partial charge in [0.05, 0.1) is 10.4 Å². The highest BCUT2D eigenvalue weighted by Crippen LogP contribution is 2.47. The number of hydrogen-bond donors (Lipinski definition) is 2. The second-order valence-electron chi connectivity index (χ2n) is 15.0. The molecule has 3 aromatic rings. The first-order valence-corrected chi connectivity index (χ1v) is 21.3. The summed E-state index contributed by atoms with van der Waals surface area (Å²) < 4.78 is 74.2. The summed E-state index contributed by atoms with van der Waals surface area (Å²) in [5.74, 6) is -1.90. The van der Waals surface area contributed by atoms with Crippen LogP contribution in [0.3, 0.4) is 0 Å². The van der Waals surface area contributed by atoms with Crippen LogP contribution >= 0.6 is 22.7 Å². The third-order valence-electron chi connectivity index (χ3n) is 10.8. The number of allylic oxidation sites excluding steroid dienone is 1. The Morgan fingerprint density at radius 1 is 1.11 bits per heavy atom. The van der Waals surface area contributed by atoms with Crippen molar-refractivity contribution < 1.29 is 40.7 Å². The Balaban J connectivity index is 1.19. The average Bonchev–Trinajstić information content (AvgIpc) is 3.91. The molecule has 0 spiro atoms. The first-order chi connectivity index (χ1) is 25.9. The van der Waals surface area contributed by atoms with Crippen molar-refractivity contribution in [2.75, 3.05) is 20.1 Å². The smallest absolute Gasteiger partial charge is 0.434 e. The Kier molecular flexibility index (Phi) is 10.3. The molecule has 4 amide bonds. The van der Waals surface area contributed by atoms with Crippen molar-refractivity contribution in [3.8, 4) is 28.0 Å². The van der Waals surface area contributed by atoms with Gasteiger partial charge in [-0.25, -0.2) is 23.2 Å². The van der Waals surface area contributed by atoms with Crippen LogP contribution in [0.2, 0.25) is 0 Å². The minimum atomic E-state index is -4.65. The maximum Gasteiger partial charge on any atom is 0.434 e. The van der Waals surface area contributed by atoms with E-state index in [9.17, 15) is 36.0 Å². The molecule has 3 aromatic heterocycles. The number of aromatic nitrogens is 3. The Bertz CT molecular complexity index is 2150. The molecule has 0 unspecified atom stereocenters. The van der Waals surface area contributed by atoms with Crippen molar-refractivity contribution in [3.05, 3.63) is 45.1 Å². The zero-order valence-corrected chi connectivity index (χ0v) is 33.2. The number of carbonyl (C=O) groups is 3. The molecular formula is C36H42F3N7O6S3. The first-order valence-electron chi connectivity index (χ1n) is 18.1. The SMILES string of the molecule is Cc1cc(-c2cc(O[C@H]3CCN4C(=O)N(C)CCCC/C=C/[C@H]5C[C@]5(C(=O)NS(=O)(=O)C5(C)CC5)NC(=O)[C@@H]4C3)nc(-c3nc(C(F)(F)F)cs3)n2)c(C)s1. The summed E-state index contributed by atoms with van der Waals surface area (Å²) >= 11 is 2.29. The van der Waals surface area contributed by atoms with E-state index >= 15 is 0 Å². The summed E-state index contributed by atoms with van der Waals surface area (Å²) in [7, 11) is -2.34. The monoisotopic (exact) mass is 821 g/mol. The van der Waals surface area contributed by atoms with Crippen molar-refractivity contribution >= 4 is 50.5 Å². The minimum Gasteiger partial charge on any atom is -0.474 e. The van der Waals surface area contributed by atoms with Crippen LogP contribution < -0.4 is 14.8 Å². The number of carbonyl (C=O) groups excluding carboxylic acids is 3. The number of halogens is 3.